The lowest BCUT2D eigenvalue weighted by molar-refractivity contribution is -0.471. The zero-order chi connectivity index (χ0) is 14.6. The first-order valence-electron chi connectivity index (χ1n) is 6.77. The molecule has 1 heterocycles. The van der Waals surface area contributed by atoms with Crippen molar-refractivity contribution in [2.45, 2.75) is 44.8 Å². The van der Waals surface area contributed by atoms with Crippen LogP contribution in [0.25, 0.3) is 0 Å². The minimum atomic E-state index is -0.732. The number of rotatable bonds is 5. The molecule has 1 aromatic rings. The van der Waals surface area contributed by atoms with Gasteiger partial charge in [0.1, 0.15) is 6.10 Å². The van der Waals surface area contributed by atoms with Crippen LogP contribution in [-0.2, 0) is 16.0 Å². The minimum absolute atomic E-state index is 0.250. The van der Waals surface area contributed by atoms with Crippen LogP contribution >= 0.6 is 0 Å². The standard InChI is InChI=1S/C15H21NO4/c1-15(2)19-11-14(20-15)13(17)8-9-16(18)10-12-6-4-3-5-7-12/h3-7,9,13-14,17H,8,10-11H2,1-2H3/b16-9-/t13-,14-/m1/s1. The van der Waals surface area contributed by atoms with E-state index in [4.69, 9.17) is 9.47 Å². The van der Waals surface area contributed by atoms with Gasteiger partial charge in [-0.05, 0) is 13.8 Å². The minimum Gasteiger partial charge on any atom is -0.624 e. The molecule has 0 radical (unpaired) electrons. The molecule has 20 heavy (non-hydrogen) atoms. The Balaban J connectivity index is 1.83. The number of aliphatic hydroxyl groups is 1. The van der Waals surface area contributed by atoms with Crippen LogP contribution in [-0.4, -0.2) is 40.7 Å². The fourth-order valence-corrected chi connectivity index (χ4v) is 2.11. The molecule has 2 atom stereocenters. The Hall–Kier alpha value is -1.43. The summed E-state index contributed by atoms with van der Waals surface area (Å²) in [5.74, 6) is -0.660. The maximum Gasteiger partial charge on any atom is 0.178 e. The van der Waals surface area contributed by atoms with Gasteiger partial charge in [0, 0.05) is 5.56 Å². The molecule has 1 aromatic carbocycles. The quantitative estimate of drug-likeness (QED) is 0.385. The molecule has 5 nitrogen and oxygen atoms in total. The van der Waals surface area contributed by atoms with Crippen molar-refractivity contribution in [3.63, 3.8) is 0 Å². The second-order valence-electron chi connectivity index (χ2n) is 5.41. The highest BCUT2D eigenvalue weighted by atomic mass is 16.7. The third-order valence-electron chi connectivity index (χ3n) is 3.19. The van der Waals surface area contributed by atoms with Gasteiger partial charge in [0.15, 0.2) is 18.5 Å². The molecule has 0 amide bonds. The highest BCUT2D eigenvalue weighted by Crippen LogP contribution is 2.24. The Morgan fingerprint density at radius 2 is 2.15 bits per heavy atom. The maximum absolute atomic E-state index is 11.7. The third kappa shape index (κ3) is 4.30. The average molecular weight is 279 g/mol. The molecule has 1 aliphatic rings. The smallest absolute Gasteiger partial charge is 0.178 e. The Kier molecular flexibility index (Phi) is 4.75. The molecular weight excluding hydrogens is 258 g/mol. The van der Waals surface area contributed by atoms with Gasteiger partial charge in [-0.3, -0.25) is 0 Å². The van der Waals surface area contributed by atoms with Gasteiger partial charge < -0.3 is 19.8 Å². The molecular formula is C15H21NO4. The van der Waals surface area contributed by atoms with Gasteiger partial charge in [-0.25, -0.2) is 4.74 Å². The van der Waals surface area contributed by atoms with Crippen LogP contribution < -0.4 is 0 Å². The van der Waals surface area contributed by atoms with E-state index < -0.39 is 11.9 Å². The number of benzene rings is 1. The molecule has 1 fully saturated rings. The van der Waals surface area contributed by atoms with E-state index in [-0.39, 0.29) is 19.1 Å². The Labute approximate surface area is 119 Å². The SMILES string of the molecule is CC1(C)OC[C@H]([C@H](O)C/C=[N+](\[O-])Cc2ccccc2)O1. The molecule has 0 bridgehead atoms. The fourth-order valence-electron chi connectivity index (χ4n) is 2.11. The maximum atomic E-state index is 11.7. The zero-order valence-corrected chi connectivity index (χ0v) is 11.9. The van der Waals surface area contributed by atoms with E-state index in [0.29, 0.717) is 6.61 Å². The number of hydrogen-bond acceptors (Lipinski definition) is 4. The highest BCUT2D eigenvalue weighted by molar-refractivity contribution is 5.52. The number of hydrogen-bond donors (Lipinski definition) is 1. The summed E-state index contributed by atoms with van der Waals surface area (Å²) in [7, 11) is 0. The summed E-state index contributed by atoms with van der Waals surface area (Å²) in [6.07, 6.45) is 0.586. The second-order valence-corrected chi connectivity index (χ2v) is 5.41. The van der Waals surface area contributed by atoms with Gasteiger partial charge >= 0.3 is 0 Å². The van der Waals surface area contributed by atoms with Crippen molar-refractivity contribution >= 4 is 6.21 Å². The van der Waals surface area contributed by atoms with Crippen LogP contribution in [0.2, 0.25) is 0 Å². The fraction of sp³-hybridized carbons (Fsp3) is 0.533. The van der Waals surface area contributed by atoms with Crippen LogP contribution in [0.1, 0.15) is 25.8 Å². The lowest BCUT2D eigenvalue weighted by atomic mass is 10.1. The molecule has 2 rings (SSSR count). The van der Waals surface area contributed by atoms with Crippen molar-refractivity contribution in [1.29, 1.82) is 0 Å². The summed E-state index contributed by atoms with van der Waals surface area (Å²) in [6.45, 7) is 4.23. The van der Waals surface area contributed by atoms with Crippen molar-refractivity contribution < 1.29 is 19.3 Å². The number of hydroxylamine groups is 1. The lowest BCUT2D eigenvalue weighted by Crippen LogP contribution is -2.31. The molecule has 0 aliphatic carbocycles. The van der Waals surface area contributed by atoms with E-state index >= 15 is 0 Å². The van der Waals surface area contributed by atoms with Crippen LogP contribution in [0.4, 0.5) is 0 Å². The van der Waals surface area contributed by atoms with Gasteiger partial charge in [-0.15, -0.1) is 0 Å². The summed E-state index contributed by atoms with van der Waals surface area (Å²) in [4.78, 5) is 0. The summed E-state index contributed by atoms with van der Waals surface area (Å²) in [6, 6.07) is 9.48. The first kappa shape index (κ1) is 15.0. The third-order valence-corrected chi connectivity index (χ3v) is 3.19. The molecule has 1 aliphatic heterocycles. The van der Waals surface area contributed by atoms with E-state index in [1.807, 2.05) is 30.3 Å². The Morgan fingerprint density at radius 1 is 1.45 bits per heavy atom. The van der Waals surface area contributed by atoms with Gasteiger partial charge in [0.05, 0.1) is 19.1 Å². The van der Waals surface area contributed by atoms with E-state index in [0.717, 1.165) is 10.3 Å². The number of ether oxygens (including phenoxy) is 2. The predicted octanol–water partition coefficient (Wildman–Crippen LogP) is 1.67. The van der Waals surface area contributed by atoms with Crippen molar-refractivity contribution in [3.8, 4) is 0 Å². The zero-order valence-electron chi connectivity index (χ0n) is 11.9. The molecule has 5 heteroatoms. The summed E-state index contributed by atoms with van der Waals surface area (Å²) < 4.78 is 11.8. The number of aliphatic hydroxyl groups excluding tert-OH is 1. The molecule has 1 saturated heterocycles. The van der Waals surface area contributed by atoms with Crippen LogP contribution in [0, 0.1) is 5.21 Å². The van der Waals surface area contributed by atoms with Gasteiger partial charge in [0.25, 0.3) is 0 Å². The largest absolute Gasteiger partial charge is 0.624 e. The predicted molar refractivity (Wildman–Crippen MR) is 75.4 cm³/mol. The Morgan fingerprint density at radius 3 is 2.75 bits per heavy atom. The summed E-state index contributed by atoms with van der Waals surface area (Å²) in [5, 5.41) is 21.7. The van der Waals surface area contributed by atoms with Crippen LogP contribution in [0.15, 0.2) is 30.3 Å². The molecule has 0 spiro atoms. The van der Waals surface area contributed by atoms with Crippen molar-refractivity contribution in [2.75, 3.05) is 6.61 Å². The molecule has 0 aromatic heterocycles. The second kappa shape index (κ2) is 6.35. The van der Waals surface area contributed by atoms with E-state index in [2.05, 4.69) is 0 Å². The van der Waals surface area contributed by atoms with Crippen molar-refractivity contribution in [1.82, 2.24) is 0 Å². The number of nitrogens with zero attached hydrogens (tertiary/aromatic N) is 1. The van der Waals surface area contributed by atoms with Crippen molar-refractivity contribution in [2.24, 2.45) is 0 Å². The first-order valence-corrected chi connectivity index (χ1v) is 6.77. The normalized spacial score (nSPS) is 23.8. The molecule has 110 valence electrons. The molecule has 1 N–H and O–H groups in total. The van der Waals surface area contributed by atoms with Gasteiger partial charge in [-0.2, -0.15) is 0 Å². The van der Waals surface area contributed by atoms with E-state index in [9.17, 15) is 10.3 Å². The van der Waals surface area contributed by atoms with Crippen LogP contribution in [0.3, 0.4) is 0 Å². The summed E-state index contributed by atoms with van der Waals surface area (Å²) >= 11 is 0. The monoisotopic (exact) mass is 279 g/mol. The average Bonchev–Trinajstić information content (AvgIpc) is 2.78. The van der Waals surface area contributed by atoms with Gasteiger partial charge in [-0.1, -0.05) is 30.3 Å². The summed E-state index contributed by atoms with van der Waals surface area (Å²) in [5.41, 5.74) is 0.940. The topological polar surface area (TPSA) is 64.8 Å². The molecule has 0 saturated carbocycles. The first-order chi connectivity index (χ1) is 9.46. The Bertz CT molecular complexity index is 458. The van der Waals surface area contributed by atoms with E-state index in [1.165, 1.54) is 6.21 Å². The van der Waals surface area contributed by atoms with Crippen LogP contribution in [0.5, 0.6) is 0 Å². The highest BCUT2D eigenvalue weighted by Gasteiger charge is 2.36. The van der Waals surface area contributed by atoms with Crippen molar-refractivity contribution in [3.05, 3.63) is 41.1 Å². The molecule has 0 unspecified atom stereocenters. The lowest BCUT2D eigenvalue weighted by Gasteiger charge is -2.19. The van der Waals surface area contributed by atoms with E-state index in [1.54, 1.807) is 13.8 Å². The van der Waals surface area contributed by atoms with Gasteiger partial charge in [0.2, 0.25) is 0 Å².